The fraction of sp³-hybridized carbons (Fsp3) is 0.500. The maximum atomic E-state index is 11.5. The highest BCUT2D eigenvalue weighted by molar-refractivity contribution is 7.88. The first kappa shape index (κ1) is 12.7. The molecule has 8 heteroatoms. The van der Waals surface area contributed by atoms with Gasteiger partial charge in [0.25, 0.3) is 0 Å². The molecule has 0 saturated heterocycles. The third-order valence-corrected chi connectivity index (χ3v) is 3.11. The molecule has 2 N–H and O–H groups in total. The summed E-state index contributed by atoms with van der Waals surface area (Å²) in [4.78, 5) is 10.5. The van der Waals surface area contributed by atoms with Gasteiger partial charge in [0.2, 0.25) is 10.0 Å². The van der Waals surface area contributed by atoms with E-state index in [0.29, 0.717) is 5.69 Å². The summed E-state index contributed by atoms with van der Waals surface area (Å²) in [5.41, 5.74) is 0.566. The zero-order valence-corrected chi connectivity index (χ0v) is 9.61. The van der Waals surface area contributed by atoms with Crippen molar-refractivity contribution in [2.75, 3.05) is 0 Å². The molecular formula is C8H12N2O5S. The molecule has 0 fully saturated rings. The topological polar surface area (TPSA) is 110 Å². The fourth-order valence-electron chi connectivity index (χ4n) is 1.03. The minimum absolute atomic E-state index is 0.169. The van der Waals surface area contributed by atoms with Crippen LogP contribution < -0.4 is 4.72 Å². The lowest BCUT2D eigenvalue weighted by molar-refractivity contribution is -0.138. The molecule has 0 unspecified atom stereocenters. The predicted octanol–water partition coefficient (Wildman–Crippen LogP) is -0.124. The van der Waals surface area contributed by atoms with Crippen LogP contribution in [0, 0.1) is 6.92 Å². The molecule has 0 spiro atoms. The number of aryl methyl sites for hydroxylation is 1. The molecule has 90 valence electrons. The van der Waals surface area contributed by atoms with Crippen LogP contribution in [0.1, 0.15) is 18.4 Å². The number of carboxylic acid groups (broad SMARTS) is 1. The van der Waals surface area contributed by atoms with Crippen molar-refractivity contribution in [1.29, 1.82) is 0 Å². The van der Waals surface area contributed by atoms with Gasteiger partial charge in [-0.05, 0) is 13.8 Å². The minimum Gasteiger partial charge on any atom is -0.480 e. The van der Waals surface area contributed by atoms with Gasteiger partial charge in [0, 0.05) is 6.07 Å². The number of nitrogens with one attached hydrogen (secondary N) is 1. The average Bonchev–Trinajstić information content (AvgIpc) is 2.48. The minimum atomic E-state index is -3.73. The van der Waals surface area contributed by atoms with E-state index in [4.69, 9.17) is 9.63 Å². The maximum Gasteiger partial charge on any atom is 0.321 e. The first-order valence-corrected chi connectivity index (χ1v) is 6.10. The molecule has 7 nitrogen and oxygen atoms in total. The van der Waals surface area contributed by atoms with Crippen molar-refractivity contribution in [3.63, 3.8) is 0 Å². The number of hydrogen-bond donors (Lipinski definition) is 2. The third-order valence-electron chi connectivity index (χ3n) is 1.74. The summed E-state index contributed by atoms with van der Waals surface area (Å²) in [7, 11) is -3.73. The highest BCUT2D eigenvalue weighted by Crippen LogP contribution is 2.06. The maximum absolute atomic E-state index is 11.5. The van der Waals surface area contributed by atoms with Crippen LogP contribution >= 0.6 is 0 Å². The molecule has 1 heterocycles. The Labute approximate surface area is 92.5 Å². The van der Waals surface area contributed by atoms with Gasteiger partial charge in [-0.15, -0.1) is 0 Å². The van der Waals surface area contributed by atoms with E-state index in [0.717, 1.165) is 0 Å². The van der Waals surface area contributed by atoms with E-state index in [1.54, 1.807) is 6.92 Å². The summed E-state index contributed by atoms with van der Waals surface area (Å²) in [6.45, 7) is 2.90. The van der Waals surface area contributed by atoms with Crippen LogP contribution in [0.2, 0.25) is 0 Å². The van der Waals surface area contributed by atoms with E-state index < -0.39 is 27.8 Å². The number of aliphatic carboxylic acids is 1. The van der Waals surface area contributed by atoms with Gasteiger partial charge in [0.05, 0.1) is 5.69 Å². The number of carbonyl (C=O) groups is 1. The van der Waals surface area contributed by atoms with E-state index in [2.05, 4.69) is 5.16 Å². The van der Waals surface area contributed by atoms with Crippen LogP contribution in [0.5, 0.6) is 0 Å². The molecule has 1 aromatic heterocycles. The Morgan fingerprint density at radius 2 is 2.31 bits per heavy atom. The fourth-order valence-corrected chi connectivity index (χ4v) is 2.27. The quantitative estimate of drug-likeness (QED) is 0.751. The molecule has 1 aromatic rings. The van der Waals surface area contributed by atoms with Crippen LogP contribution in [0.3, 0.4) is 0 Å². The monoisotopic (exact) mass is 248 g/mol. The van der Waals surface area contributed by atoms with E-state index in [9.17, 15) is 13.2 Å². The van der Waals surface area contributed by atoms with Gasteiger partial charge in [-0.25, -0.2) is 13.1 Å². The lowest BCUT2D eigenvalue weighted by atomic mass is 10.4. The Morgan fingerprint density at radius 3 is 2.75 bits per heavy atom. The largest absolute Gasteiger partial charge is 0.480 e. The van der Waals surface area contributed by atoms with Gasteiger partial charge >= 0.3 is 5.97 Å². The van der Waals surface area contributed by atoms with Crippen LogP contribution in [-0.2, 0) is 20.6 Å². The summed E-state index contributed by atoms with van der Waals surface area (Å²) in [5.74, 6) is -1.49. The number of aromatic nitrogens is 1. The van der Waals surface area contributed by atoms with E-state index in [-0.39, 0.29) is 5.76 Å². The predicted molar refractivity (Wildman–Crippen MR) is 54.1 cm³/mol. The Kier molecular flexibility index (Phi) is 3.66. The Morgan fingerprint density at radius 1 is 1.69 bits per heavy atom. The van der Waals surface area contributed by atoms with E-state index in [1.165, 1.54) is 13.0 Å². The van der Waals surface area contributed by atoms with Crippen LogP contribution in [0.4, 0.5) is 0 Å². The molecule has 0 aromatic carbocycles. The molecule has 0 aliphatic rings. The summed E-state index contributed by atoms with van der Waals surface area (Å²) in [6, 6.07) is 0.305. The van der Waals surface area contributed by atoms with Gasteiger partial charge in [-0.3, -0.25) is 4.79 Å². The van der Waals surface area contributed by atoms with Gasteiger partial charge in [0.15, 0.2) is 5.76 Å². The molecule has 0 saturated carbocycles. The van der Waals surface area contributed by atoms with E-state index >= 15 is 0 Å². The van der Waals surface area contributed by atoms with Crippen molar-refractivity contribution in [1.82, 2.24) is 9.88 Å². The lowest BCUT2D eigenvalue weighted by Gasteiger charge is -2.08. The summed E-state index contributed by atoms with van der Waals surface area (Å²) < 4.78 is 29.6. The van der Waals surface area contributed by atoms with Crippen molar-refractivity contribution in [2.45, 2.75) is 25.6 Å². The van der Waals surface area contributed by atoms with Crippen molar-refractivity contribution in [2.24, 2.45) is 0 Å². The first-order valence-electron chi connectivity index (χ1n) is 4.45. The zero-order valence-electron chi connectivity index (χ0n) is 8.80. The van der Waals surface area contributed by atoms with Gasteiger partial charge < -0.3 is 9.63 Å². The average molecular weight is 248 g/mol. The zero-order chi connectivity index (χ0) is 12.3. The van der Waals surface area contributed by atoms with Crippen molar-refractivity contribution >= 4 is 16.0 Å². The second kappa shape index (κ2) is 4.62. The molecule has 16 heavy (non-hydrogen) atoms. The molecular weight excluding hydrogens is 236 g/mol. The second-order valence-electron chi connectivity index (χ2n) is 3.37. The number of nitrogens with zero attached hydrogens (tertiary/aromatic N) is 1. The third kappa shape index (κ3) is 3.63. The number of rotatable bonds is 5. The van der Waals surface area contributed by atoms with Crippen LogP contribution in [0.15, 0.2) is 10.6 Å². The Bertz CT molecular complexity index is 478. The molecule has 0 bridgehead atoms. The first-order chi connectivity index (χ1) is 7.30. The Balaban J connectivity index is 2.69. The van der Waals surface area contributed by atoms with Gasteiger partial charge in [-0.1, -0.05) is 5.16 Å². The summed E-state index contributed by atoms with van der Waals surface area (Å²) >= 11 is 0. The van der Waals surface area contributed by atoms with Crippen molar-refractivity contribution in [3.8, 4) is 0 Å². The molecule has 0 radical (unpaired) electrons. The smallest absolute Gasteiger partial charge is 0.321 e. The second-order valence-corrected chi connectivity index (χ2v) is 5.13. The normalized spacial score (nSPS) is 13.6. The SMILES string of the molecule is Cc1cc(CS(=O)(=O)N[C@@H](C)C(=O)O)on1. The van der Waals surface area contributed by atoms with Crippen molar-refractivity contribution < 1.29 is 22.8 Å². The number of carboxylic acids is 1. The summed E-state index contributed by atoms with van der Waals surface area (Å²) in [6.07, 6.45) is 0. The molecule has 0 aliphatic heterocycles. The van der Waals surface area contributed by atoms with Crippen molar-refractivity contribution in [3.05, 3.63) is 17.5 Å². The van der Waals surface area contributed by atoms with Crippen LogP contribution in [-0.4, -0.2) is 30.7 Å². The van der Waals surface area contributed by atoms with Gasteiger partial charge in [0.1, 0.15) is 11.8 Å². The molecule has 0 aliphatic carbocycles. The van der Waals surface area contributed by atoms with Crippen LogP contribution in [0.25, 0.3) is 0 Å². The highest BCUT2D eigenvalue weighted by atomic mass is 32.2. The molecule has 1 rings (SSSR count). The summed E-state index contributed by atoms with van der Waals surface area (Å²) in [5, 5.41) is 12.1. The molecule has 1 atom stereocenters. The number of sulfonamides is 1. The standard InChI is InChI=1S/C8H12N2O5S/c1-5-3-7(15-9-5)4-16(13,14)10-6(2)8(11)12/h3,6,10H,4H2,1-2H3,(H,11,12)/t6-/m0/s1. The Hall–Kier alpha value is -1.41. The number of hydrogen-bond acceptors (Lipinski definition) is 5. The molecule has 0 amide bonds. The van der Waals surface area contributed by atoms with Gasteiger partial charge in [-0.2, -0.15) is 0 Å². The highest BCUT2D eigenvalue weighted by Gasteiger charge is 2.21. The lowest BCUT2D eigenvalue weighted by Crippen LogP contribution is -2.38. The van der Waals surface area contributed by atoms with E-state index in [1.807, 2.05) is 4.72 Å².